The summed E-state index contributed by atoms with van der Waals surface area (Å²) < 4.78 is 6.04. The Morgan fingerprint density at radius 3 is 2.58 bits per heavy atom. The summed E-state index contributed by atoms with van der Waals surface area (Å²) in [6, 6.07) is 3.71. The number of carbonyl (C=O) groups excluding carboxylic acids is 1. The average Bonchev–Trinajstić information content (AvgIpc) is 2.54. The third-order valence-electron chi connectivity index (χ3n) is 6.31. The molecule has 2 saturated carbocycles. The molecule has 2 heterocycles. The number of halogens is 1. The molecule has 1 N–H and O–H groups in total. The van der Waals surface area contributed by atoms with Gasteiger partial charge < -0.3 is 14.7 Å². The van der Waals surface area contributed by atoms with Crippen LogP contribution < -0.4 is 4.74 Å². The third kappa shape index (κ3) is 3.44. The molecule has 4 rings (SSSR count). The van der Waals surface area contributed by atoms with Gasteiger partial charge in [-0.3, -0.25) is 4.79 Å². The van der Waals surface area contributed by atoms with Crippen molar-refractivity contribution in [3.63, 3.8) is 0 Å². The van der Waals surface area contributed by atoms with E-state index in [9.17, 15) is 9.90 Å². The van der Waals surface area contributed by atoms with Gasteiger partial charge in [-0.1, -0.05) is 11.6 Å². The topological polar surface area (TPSA) is 62.7 Å². The van der Waals surface area contributed by atoms with E-state index in [1.54, 1.807) is 0 Å². The van der Waals surface area contributed by atoms with Crippen molar-refractivity contribution in [3.8, 4) is 5.88 Å². The summed E-state index contributed by atoms with van der Waals surface area (Å²) >= 11 is 6.18. The zero-order chi connectivity index (χ0) is 18.5. The molecule has 1 amide bonds. The number of hydrogen-bond acceptors (Lipinski definition) is 4. The smallest absolute Gasteiger partial charge is 0.233 e. The van der Waals surface area contributed by atoms with Crippen LogP contribution in [-0.4, -0.2) is 45.7 Å². The number of amides is 1. The Morgan fingerprint density at radius 2 is 1.96 bits per heavy atom. The molecule has 3 fully saturated rings. The monoisotopic (exact) mass is 378 g/mol. The van der Waals surface area contributed by atoms with Gasteiger partial charge in [-0.25, -0.2) is 4.98 Å². The van der Waals surface area contributed by atoms with E-state index in [1.165, 1.54) is 0 Å². The van der Waals surface area contributed by atoms with Crippen LogP contribution in [0.5, 0.6) is 5.88 Å². The van der Waals surface area contributed by atoms with Gasteiger partial charge >= 0.3 is 0 Å². The quantitative estimate of drug-likeness (QED) is 0.876. The first-order valence-electron chi connectivity index (χ1n) is 9.56. The lowest BCUT2D eigenvalue weighted by Gasteiger charge is -2.55. The molecule has 0 unspecified atom stereocenters. The van der Waals surface area contributed by atoms with Gasteiger partial charge in [0.1, 0.15) is 11.1 Å². The van der Waals surface area contributed by atoms with Gasteiger partial charge in [0, 0.05) is 30.1 Å². The summed E-state index contributed by atoms with van der Waals surface area (Å²) in [6.45, 7) is 5.47. The van der Waals surface area contributed by atoms with E-state index in [0.717, 1.165) is 44.5 Å². The number of nitrogens with zero attached hydrogens (tertiary/aromatic N) is 2. The van der Waals surface area contributed by atoms with E-state index < -0.39 is 5.60 Å². The number of aromatic nitrogens is 1. The molecule has 6 heteroatoms. The molecule has 26 heavy (non-hydrogen) atoms. The Labute approximate surface area is 159 Å². The molecular weight excluding hydrogens is 352 g/mol. The Bertz CT molecular complexity index is 697. The maximum absolute atomic E-state index is 12.5. The highest BCUT2D eigenvalue weighted by atomic mass is 35.5. The molecule has 1 spiro atoms. The summed E-state index contributed by atoms with van der Waals surface area (Å²) in [4.78, 5) is 18.8. The fraction of sp³-hybridized carbons (Fsp3) is 0.700. The first-order valence-corrected chi connectivity index (χ1v) is 9.94. The van der Waals surface area contributed by atoms with Crippen LogP contribution in [0, 0.1) is 18.3 Å². The molecule has 0 radical (unpaired) electrons. The molecule has 3 aliphatic rings. The average molecular weight is 379 g/mol. The largest absolute Gasteiger partial charge is 0.473 e. The summed E-state index contributed by atoms with van der Waals surface area (Å²) in [5.41, 5.74) is 0.537. The van der Waals surface area contributed by atoms with Crippen LogP contribution in [0.1, 0.15) is 51.1 Å². The van der Waals surface area contributed by atoms with Crippen molar-refractivity contribution in [2.45, 2.75) is 64.1 Å². The van der Waals surface area contributed by atoms with Crippen LogP contribution in [-0.2, 0) is 4.79 Å². The molecule has 1 aromatic rings. The summed E-state index contributed by atoms with van der Waals surface area (Å²) in [5.74, 6) is 0.794. The summed E-state index contributed by atoms with van der Waals surface area (Å²) in [6.07, 6.45) is 5.47. The van der Waals surface area contributed by atoms with Crippen LogP contribution in [0.15, 0.2) is 12.1 Å². The van der Waals surface area contributed by atoms with E-state index in [-0.39, 0.29) is 23.3 Å². The summed E-state index contributed by atoms with van der Waals surface area (Å²) in [7, 11) is 0. The number of likely N-dealkylation sites (tertiary alicyclic amines) is 1. The van der Waals surface area contributed by atoms with E-state index in [0.29, 0.717) is 23.7 Å². The number of rotatable bonds is 3. The van der Waals surface area contributed by atoms with Crippen molar-refractivity contribution in [2.24, 2.45) is 11.3 Å². The van der Waals surface area contributed by atoms with Crippen molar-refractivity contribution in [1.29, 1.82) is 0 Å². The predicted octanol–water partition coefficient (Wildman–Crippen LogP) is 3.35. The standard InChI is InChI=1S/C20H27ClN2O3/c1-13-3-4-16(21)17(22-13)26-15-5-7-20(8-6-15)11-23(12-20)18(24)14-9-19(2,25)10-14/h3-4,14-15,25H,5-12H2,1-2H3/t14-,19+. The van der Waals surface area contributed by atoms with E-state index in [1.807, 2.05) is 30.9 Å². The van der Waals surface area contributed by atoms with Crippen LogP contribution in [0.2, 0.25) is 5.02 Å². The number of pyridine rings is 1. The van der Waals surface area contributed by atoms with E-state index in [4.69, 9.17) is 16.3 Å². The Hall–Kier alpha value is -1.33. The maximum Gasteiger partial charge on any atom is 0.233 e. The fourth-order valence-electron chi connectivity index (χ4n) is 4.75. The molecule has 5 nitrogen and oxygen atoms in total. The Morgan fingerprint density at radius 1 is 1.31 bits per heavy atom. The number of aliphatic hydroxyl groups is 1. The third-order valence-corrected chi connectivity index (χ3v) is 6.60. The van der Waals surface area contributed by atoms with Gasteiger partial charge in [-0.2, -0.15) is 0 Å². The van der Waals surface area contributed by atoms with Gasteiger partial charge in [-0.15, -0.1) is 0 Å². The lowest BCUT2D eigenvalue weighted by Crippen LogP contribution is -2.63. The Kier molecular flexibility index (Phi) is 4.43. The van der Waals surface area contributed by atoms with Crippen molar-refractivity contribution in [1.82, 2.24) is 9.88 Å². The second kappa shape index (κ2) is 6.38. The molecule has 2 aliphatic carbocycles. The predicted molar refractivity (Wildman–Crippen MR) is 99.2 cm³/mol. The summed E-state index contributed by atoms with van der Waals surface area (Å²) in [5, 5.41) is 10.4. The minimum absolute atomic E-state index is 0.0246. The van der Waals surface area contributed by atoms with E-state index in [2.05, 4.69) is 4.98 Å². The number of aryl methyl sites for hydroxylation is 1. The SMILES string of the molecule is Cc1ccc(Cl)c(OC2CCC3(CC2)CN(C(=O)[C@H]2C[C@@](C)(O)C2)C3)n1. The first-order chi connectivity index (χ1) is 12.3. The van der Waals surface area contributed by atoms with Crippen LogP contribution in [0.3, 0.4) is 0 Å². The van der Waals surface area contributed by atoms with Crippen molar-refractivity contribution < 1.29 is 14.6 Å². The number of hydrogen-bond donors (Lipinski definition) is 1. The number of ether oxygens (including phenoxy) is 1. The molecule has 1 saturated heterocycles. The highest BCUT2D eigenvalue weighted by Crippen LogP contribution is 2.47. The molecule has 0 bridgehead atoms. The molecule has 1 aromatic heterocycles. The minimum Gasteiger partial charge on any atom is -0.473 e. The second-order valence-electron chi connectivity index (χ2n) is 8.85. The fourth-order valence-corrected chi connectivity index (χ4v) is 4.90. The lowest BCUT2D eigenvalue weighted by atomic mass is 9.66. The second-order valence-corrected chi connectivity index (χ2v) is 9.26. The van der Waals surface area contributed by atoms with Crippen molar-refractivity contribution >= 4 is 17.5 Å². The van der Waals surface area contributed by atoms with Crippen LogP contribution in [0.4, 0.5) is 0 Å². The van der Waals surface area contributed by atoms with Gasteiger partial charge in [0.15, 0.2) is 0 Å². The van der Waals surface area contributed by atoms with Crippen LogP contribution in [0.25, 0.3) is 0 Å². The van der Waals surface area contributed by atoms with Gasteiger partial charge in [0.05, 0.1) is 5.60 Å². The molecule has 142 valence electrons. The highest BCUT2D eigenvalue weighted by Gasteiger charge is 2.51. The van der Waals surface area contributed by atoms with Gasteiger partial charge in [-0.05, 0) is 64.5 Å². The molecule has 0 aromatic carbocycles. The van der Waals surface area contributed by atoms with E-state index >= 15 is 0 Å². The van der Waals surface area contributed by atoms with Gasteiger partial charge in [0.2, 0.25) is 11.8 Å². The van der Waals surface area contributed by atoms with Gasteiger partial charge in [0.25, 0.3) is 0 Å². The molecular formula is C20H27ClN2O3. The lowest BCUT2D eigenvalue weighted by molar-refractivity contribution is -0.164. The molecule has 0 atom stereocenters. The normalized spacial score (nSPS) is 30.6. The Balaban J connectivity index is 1.26. The van der Waals surface area contributed by atoms with Crippen LogP contribution >= 0.6 is 11.6 Å². The zero-order valence-electron chi connectivity index (χ0n) is 15.5. The number of carbonyl (C=O) groups is 1. The first kappa shape index (κ1) is 18.1. The maximum atomic E-state index is 12.5. The highest BCUT2D eigenvalue weighted by molar-refractivity contribution is 6.31. The molecule has 1 aliphatic heterocycles. The van der Waals surface area contributed by atoms with Crippen molar-refractivity contribution in [3.05, 3.63) is 22.8 Å². The van der Waals surface area contributed by atoms with Crippen molar-refractivity contribution in [2.75, 3.05) is 13.1 Å². The minimum atomic E-state index is -0.636. The zero-order valence-corrected chi connectivity index (χ0v) is 16.3.